The fourth-order valence-corrected chi connectivity index (χ4v) is 2.96. The lowest BCUT2D eigenvalue weighted by Crippen LogP contribution is -2.25. The molecular formula is C16H19ClFN5O3. The van der Waals surface area contributed by atoms with Crippen molar-refractivity contribution in [2.24, 2.45) is 0 Å². The van der Waals surface area contributed by atoms with Crippen LogP contribution in [0.25, 0.3) is 0 Å². The normalized spacial score (nSPS) is 12.8. The maximum Gasteiger partial charge on any atom is 0.322 e. The van der Waals surface area contributed by atoms with E-state index in [1.54, 1.807) is 6.07 Å². The maximum absolute atomic E-state index is 14.6. The van der Waals surface area contributed by atoms with Crippen LogP contribution in [0.1, 0.15) is 40.7 Å². The van der Waals surface area contributed by atoms with E-state index in [4.69, 9.17) is 0 Å². The van der Waals surface area contributed by atoms with E-state index in [0.29, 0.717) is 37.9 Å². The molecule has 140 valence electrons. The predicted molar refractivity (Wildman–Crippen MR) is 96.2 cm³/mol. The van der Waals surface area contributed by atoms with Crippen LogP contribution in [0.15, 0.2) is 12.1 Å². The summed E-state index contributed by atoms with van der Waals surface area (Å²) in [4.78, 5) is 23.0. The van der Waals surface area contributed by atoms with Crippen molar-refractivity contribution in [3.8, 4) is 0 Å². The first kappa shape index (κ1) is 19.8. The number of hydrogen-bond acceptors (Lipinski definition) is 5. The van der Waals surface area contributed by atoms with Gasteiger partial charge in [-0.1, -0.05) is 19.4 Å². The van der Waals surface area contributed by atoms with Crippen LogP contribution in [0.2, 0.25) is 0 Å². The summed E-state index contributed by atoms with van der Waals surface area (Å²) in [6.45, 7) is 3.10. The molecule has 0 aliphatic carbocycles. The van der Waals surface area contributed by atoms with Crippen LogP contribution in [0, 0.1) is 15.9 Å². The Balaban J connectivity index is 0.00000243. The Morgan fingerprint density at radius 1 is 1.46 bits per heavy atom. The molecule has 0 bridgehead atoms. The molecule has 0 unspecified atom stereocenters. The molecule has 1 aromatic carbocycles. The third-order valence-corrected chi connectivity index (χ3v) is 4.17. The van der Waals surface area contributed by atoms with Gasteiger partial charge in [0.2, 0.25) is 5.69 Å². The number of aromatic nitrogens is 2. The number of H-pyrrole nitrogens is 1. The van der Waals surface area contributed by atoms with Gasteiger partial charge in [-0.2, -0.15) is 5.10 Å². The Kier molecular flexibility index (Phi) is 6.27. The van der Waals surface area contributed by atoms with Crippen LogP contribution in [-0.4, -0.2) is 27.6 Å². The number of rotatable bonds is 5. The highest BCUT2D eigenvalue weighted by molar-refractivity contribution is 6.06. The number of fused-ring (bicyclic) bond motifs is 1. The molecule has 2 aromatic rings. The number of hydrogen-bond donors (Lipinski definition) is 3. The van der Waals surface area contributed by atoms with E-state index in [-0.39, 0.29) is 35.2 Å². The minimum Gasteiger partial charge on any atom is -0.318 e. The zero-order valence-electron chi connectivity index (χ0n) is 14.1. The molecule has 1 aliphatic rings. The molecule has 0 spiro atoms. The minimum atomic E-state index is -0.807. The van der Waals surface area contributed by atoms with Gasteiger partial charge in [0.1, 0.15) is 11.5 Å². The van der Waals surface area contributed by atoms with Gasteiger partial charge in [0.15, 0.2) is 0 Å². The lowest BCUT2D eigenvalue weighted by Gasteiger charge is -2.19. The smallest absolute Gasteiger partial charge is 0.318 e. The van der Waals surface area contributed by atoms with Gasteiger partial charge in [0.25, 0.3) is 5.91 Å². The molecule has 8 nitrogen and oxygen atoms in total. The standard InChI is InChI=1S/C16H18FN5O3.ClH/c1-2-3-12-15(22(24)25)14(21-20-12)16(23)19-11-5-4-9-8-18-7-6-10(9)13(11)17;/h4-5,18H,2-3,6-8H2,1H3,(H,19,23)(H,20,21);1H. The third kappa shape index (κ3) is 3.68. The Bertz CT molecular complexity index is 840. The van der Waals surface area contributed by atoms with E-state index in [9.17, 15) is 19.3 Å². The molecule has 2 heterocycles. The Morgan fingerprint density at radius 3 is 2.92 bits per heavy atom. The largest absolute Gasteiger partial charge is 0.322 e. The number of aromatic amines is 1. The molecule has 3 N–H and O–H groups in total. The topological polar surface area (TPSA) is 113 Å². The van der Waals surface area contributed by atoms with Crippen molar-refractivity contribution in [2.45, 2.75) is 32.7 Å². The van der Waals surface area contributed by atoms with Crippen LogP contribution in [0.3, 0.4) is 0 Å². The van der Waals surface area contributed by atoms with Crippen molar-refractivity contribution in [2.75, 3.05) is 11.9 Å². The van der Waals surface area contributed by atoms with Gasteiger partial charge in [-0.3, -0.25) is 20.0 Å². The highest BCUT2D eigenvalue weighted by Gasteiger charge is 2.29. The summed E-state index contributed by atoms with van der Waals surface area (Å²) in [5.41, 5.74) is 0.987. The number of nitrogens with zero attached hydrogens (tertiary/aromatic N) is 2. The van der Waals surface area contributed by atoms with Crippen molar-refractivity contribution in [3.63, 3.8) is 0 Å². The quantitative estimate of drug-likeness (QED) is 0.542. The average molecular weight is 384 g/mol. The van der Waals surface area contributed by atoms with Crippen molar-refractivity contribution in [3.05, 3.63) is 50.6 Å². The predicted octanol–water partition coefficient (Wildman–Crippen LogP) is 2.73. The zero-order valence-corrected chi connectivity index (χ0v) is 14.9. The summed E-state index contributed by atoms with van der Waals surface area (Å²) in [5.74, 6) is -1.31. The van der Waals surface area contributed by atoms with Crippen molar-refractivity contribution in [1.82, 2.24) is 15.5 Å². The van der Waals surface area contributed by atoms with Gasteiger partial charge in [0, 0.05) is 6.54 Å². The van der Waals surface area contributed by atoms with E-state index in [1.807, 2.05) is 6.92 Å². The molecule has 26 heavy (non-hydrogen) atoms. The van der Waals surface area contributed by atoms with Gasteiger partial charge in [-0.15, -0.1) is 12.4 Å². The van der Waals surface area contributed by atoms with Crippen LogP contribution < -0.4 is 10.6 Å². The average Bonchev–Trinajstić information content (AvgIpc) is 3.02. The van der Waals surface area contributed by atoms with Crippen molar-refractivity contribution < 1.29 is 14.1 Å². The molecular weight excluding hydrogens is 365 g/mol. The fraction of sp³-hybridized carbons (Fsp3) is 0.375. The number of nitro groups is 1. The number of benzene rings is 1. The van der Waals surface area contributed by atoms with Crippen molar-refractivity contribution >= 4 is 29.7 Å². The minimum absolute atomic E-state index is 0. The van der Waals surface area contributed by atoms with E-state index in [0.717, 1.165) is 5.56 Å². The molecule has 0 saturated carbocycles. The molecule has 0 saturated heterocycles. The van der Waals surface area contributed by atoms with Gasteiger partial charge in [-0.25, -0.2) is 4.39 Å². The van der Waals surface area contributed by atoms with Gasteiger partial charge in [-0.05, 0) is 36.6 Å². The first-order valence-corrected chi connectivity index (χ1v) is 8.06. The van der Waals surface area contributed by atoms with Crippen LogP contribution in [0.4, 0.5) is 15.8 Å². The summed E-state index contributed by atoms with van der Waals surface area (Å²) in [6, 6.07) is 3.20. The second kappa shape index (κ2) is 8.24. The van der Waals surface area contributed by atoms with E-state index < -0.39 is 16.6 Å². The molecule has 1 aromatic heterocycles. The SMILES string of the molecule is CCCc1[nH]nc(C(=O)Nc2ccc3c(c2F)CCNC3)c1[N+](=O)[O-].Cl. The van der Waals surface area contributed by atoms with Gasteiger partial charge in [0.05, 0.1) is 10.6 Å². The summed E-state index contributed by atoms with van der Waals surface area (Å²) >= 11 is 0. The van der Waals surface area contributed by atoms with Crippen LogP contribution >= 0.6 is 12.4 Å². The zero-order chi connectivity index (χ0) is 18.0. The monoisotopic (exact) mass is 383 g/mol. The van der Waals surface area contributed by atoms with Crippen molar-refractivity contribution in [1.29, 1.82) is 0 Å². The van der Waals surface area contributed by atoms with Crippen LogP contribution in [-0.2, 0) is 19.4 Å². The maximum atomic E-state index is 14.6. The second-order valence-corrected chi connectivity index (χ2v) is 5.85. The number of amides is 1. The number of halogens is 2. The van der Waals surface area contributed by atoms with Gasteiger partial charge < -0.3 is 10.6 Å². The molecule has 0 atom stereocenters. The summed E-state index contributed by atoms with van der Waals surface area (Å²) in [5, 5.41) is 23.1. The number of nitrogens with one attached hydrogen (secondary N) is 3. The van der Waals surface area contributed by atoms with Gasteiger partial charge >= 0.3 is 5.69 Å². The number of anilines is 1. The summed E-state index contributed by atoms with van der Waals surface area (Å²) < 4.78 is 14.6. The lowest BCUT2D eigenvalue weighted by atomic mass is 9.99. The van der Waals surface area contributed by atoms with Crippen LogP contribution in [0.5, 0.6) is 0 Å². The Hall–Kier alpha value is -2.52. The fourth-order valence-electron chi connectivity index (χ4n) is 2.96. The number of aryl methyl sites for hydroxylation is 1. The number of carbonyl (C=O) groups is 1. The van der Waals surface area contributed by atoms with E-state index in [2.05, 4.69) is 20.8 Å². The third-order valence-electron chi connectivity index (χ3n) is 4.17. The first-order valence-electron chi connectivity index (χ1n) is 8.06. The lowest BCUT2D eigenvalue weighted by molar-refractivity contribution is -0.385. The Labute approximate surface area is 155 Å². The second-order valence-electron chi connectivity index (χ2n) is 5.85. The molecule has 10 heteroatoms. The summed E-state index contributed by atoms with van der Waals surface area (Å²) in [6.07, 6.45) is 1.59. The highest BCUT2D eigenvalue weighted by atomic mass is 35.5. The summed E-state index contributed by atoms with van der Waals surface area (Å²) in [7, 11) is 0. The first-order chi connectivity index (χ1) is 12.0. The Morgan fingerprint density at radius 2 is 2.23 bits per heavy atom. The number of carbonyl (C=O) groups excluding carboxylic acids is 1. The molecule has 0 radical (unpaired) electrons. The molecule has 3 rings (SSSR count). The molecule has 1 amide bonds. The molecule has 1 aliphatic heterocycles. The highest BCUT2D eigenvalue weighted by Crippen LogP contribution is 2.27. The van der Waals surface area contributed by atoms with E-state index >= 15 is 0 Å². The molecule has 0 fully saturated rings. The van der Waals surface area contributed by atoms with E-state index in [1.165, 1.54) is 6.07 Å².